The minimum Gasteiger partial charge on any atom is -0.382 e. The molecule has 0 rings (SSSR count). The van der Waals surface area contributed by atoms with Crippen molar-refractivity contribution in [2.24, 2.45) is 0 Å². The van der Waals surface area contributed by atoms with Crippen LogP contribution in [0.15, 0.2) is 12.4 Å². The van der Waals surface area contributed by atoms with Gasteiger partial charge in [-0.05, 0) is 6.42 Å². The van der Waals surface area contributed by atoms with Crippen LogP contribution in [-0.4, -0.2) is 10.7 Å². The topological polar surface area (TPSA) is 20.2 Å². The summed E-state index contributed by atoms with van der Waals surface area (Å²) in [6.45, 7) is 5.06. The molecule has 0 fully saturated rings. The molecule has 12 heavy (non-hydrogen) atoms. The summed E-state index contributed by atoms with van der Waals surface area (Å²) in [5.41, 5.74) is -1.50. The van der Waals surface area contributed by atoms with Gasteiger partial charge >= 0.3 is 0 Å². The molecule has 0 aromatic carbocycles. The van der Waals surface area contributed by atoms with Crippen molar-refractivity contribution in [2.45, 2.75) is 38.2 Å². The van der Waals surface area contributed by atoms with Crippen LogP contribution in [-0.2, 0) is 0 Å². The summed E-state index contributed by atoms with van der Waals surface area (Å²) in [5, 5.41) is 9.60. The zero-order chi connectivity index (χ0) is 9.61. The third kappa shape index (κ3) is 3.06. The zero-order valence-corrected chi connectivity index (χ0v) is 7.44. The highest BCUT2D eigenvalue weighted by molar-refractivity contribution is 5.10. The fraction of sp³-hybridized carbons (Fsp3) is 0.600. The van der Waals surface area contributed by atoms with E-state index in [4.69, 9.17) is 6.42 Å². The third-order valence-corrected chi connectivity index (χ3v) is 1.84. The Kier molecular flexibility index (Phi) is 4.61. The molecule has 0 aromatic heterocycles. The number of aliphatic hydroxyl groups is 1. The van der Waals surface area contributed by atoms with Crippen LogP contribution in [0.2, 0.25) is 0 Å². The van der Waals surface area contributed by atoms with Gasteiger partial charge in [0.1, 0.15) is 11.4 Å². The second kappa shape index (κ2) is 4.95. The second-order valence-electron chi connectivity index (χ2n) is 2.92. The van der Waals surface area contributed by atoms with Crippen molar-refractivity contribution in [2.75, 3.05) is 0 Å². The lowest BCUT2D eigenvalue weighted by molar-refractivity contribution is 0.0497. The molecule has 0 saturated heterocycles. The van der Waals surface area contributed by atoms with Gasteiger partial charge in [0.05, 0.1) is 0 Å². The Balaban J connectivity index is 4.20. The van der Waals surface area contributed by atoms with Gasteiger partial charge in [0.25, 0.3) is 0 Å². The summed E-state index contributed by atoms with van der Waals surface area (Å²) in [7, 11) is 0. The Morgan fingerprint density at radius 3 is 2.67 bits per heavy atom. The third-order valence-electron chi connectivity index (χ3n) is 1.84. The number of hydrogen-bond donors (Lipinski definition) is 1. The summed E-state index contributed by atoms with van der Waals surface area (Å²) in [5.74, 6) is 1.52. The molecule has 0 aliphatic rings. The van der Waals surface area contributed by atoms with E-state index in [0.717, 1.165) is 12.8 Å². The molecule has 1 nitrogen and oxygen atoms in total. The second-order valence-corrected chi connectivity index (χ2v) is 2.92. The van der Waals surface area contributed by atoms with E-state index in [1.54, 1.807) is 0 Å². The van der Waals surface area contributed by atoms with Gasteiger partial charge < -0.3 is 5.11 Å². The maximum atomic E-state index is 12.7. The maximum Gasteiger partial charge on any atom is 0.126 e. The molecule has 0 aromatic rings. The van der Waals surface area contributed by atoms with Crippen molar-refractivity contribution in [3.8, 4) is 12.3 Å². The summed E-state index contributed by atoms with van der Waals surface area (Å²) >= 11 is 0. The molecule has 0 aliphatic heterocycles. The van der Waals surface area contributed by atoms with Crippen LogP contribution in [0.3, 0.4) is 0 Å². The average Bonchev–Trinajstić information content (AvgIpc) is 2.01. The molecule has 1 atom stereocenters. The average molecular weight is 170 g/mol. The van der Waals surface area contributed by atoms with Crippen LogP contribution in [0.25, 0.3) is 0 Å². The lowest BCUT2D eigenvalue weighted by atomic mass is 9.92. The predicted molar refractivity (Wildman–Crippen MR) is 48.2 cm³/mol. The van der Waals surface area contributed by atoms with Gasteiger partial charge in [-0.3, -0.25) is 0 Å². The summed E-state index contributed by atoms with van der Waals surface area (Å²) in [4.78, 5) is 0. The highest BCUT2D eigenvalue weighted by Crippen LogP contribution is 2.26. The summed E-state index contributed by atoms with van der Waals surface area (Å²) in [6, 6.07) is 0. The Morgan fingerprint density at radius 1 is 1.75 bits per heavy atom. The maximum absolute atomic E-state index is 12.7. The molecular weight excluding hydrogens is 155 g/mol. The first-order chi connectivity index (χ1) is 5.56. The smallest absolute Gasteiger partial charge is 0.126 e. The van der Waals surface area contributed by atoms with Crippen LogP contribution in [0.5, 0.6) is 0 Å². The highest BCUT2D eigenvalue weighted by atomic mass is 19.1. The largest absolute Gasteiger partial charge is 0.382 e. The van der Waals surface area contributed by atoms with Gasteiger partial charge in [0.15, 0.2) is 0 Å². The molecule has 1 unspecified atom stereocenters. The Morgan fingerprint density at radius 2 is 2.33 bits per heavy atom. The van der Waals surface area contributed by atoms with Crippen LogP contribution >= 0.6 is 0 Å². The van der Waals surface area contributed by atoms with Crippen LogP contribution in [0, 0.1) is 12.3 Å². The zero-order valence-electron chi connectivity index (χ0n) is 7.44. The van der Waals surface area contributed by atoms with Gasteiger partial charge in [-0.15, -0.1) is 12.3 Å². The molecule has 0 radical (unpaired) electrons. The monoisotopic (exact) mass is 170 g/mol. The normalized spacial score (nSPS) is 14.8. The number of terminal acetylenes is 1. The number of hydrogen-bond acceptors (Lipinski definition) is 1. The van der Waals surface area contributed by atoms with E-state index in [2.05, 4.69) is 12.5 Å². The molecule has 2 heteroatoms. The van der Waals surface area contributed by atoms with Gasteiger partial charge in [-0.2, -0.15) is 0 Å². The quantitative estimate of drug-likeness (QED) is 0.628. The molecular formula is C10H15FO. The minimum atomic E-state index is -1.50. The van der Waals surface area contributed by atoms with Crippen molar-refractivity contribution in [3.05, 3.63) is 12.4 Å². The summed E-state index contributed by atoms with van der Waals surface area (Å²) < 4.78 is 12.7. The SMILES string of the molecule is C#CCC(O)(CCCC)C(=C)F. The van der Waals surface area contributed by atoms with Crippen LogP contribution < -0.4 is 0 Å². The van der Waals surface area contributed by atoms with E-state index >= 15 is 0 Å². The molecule has 1 N–H and O–H groups in total. The van der Waals surface area contributed by atoms with Gasteiger partial charge in [-0.25, -0.2) is 4.39 Å². The van der Waals surface area contributed by atoms with Crippen LogP contribution in [0.4, 0.5) is 4.39 Å². The molecule has 0 bridgehead atoms. The molecule has 0 saturated carbocycles. The van der Waals surface area contributed by atoms with E-state index in [1.807, 2.05) is 6.92 Å². The first-order valence-corrected chi connectivity index (χ1v) is 4.07. The molecule has 0 heterocycles. The molecule has 0 aliphatic carbocycles. The van der Waals surface area contributed by atoms with Gasteiger partial charge in [0.2, 0.25) is 0 Å². The Hall–Kier alpha value is -0.810. The van der Waals surface area contributed by atoms with Crippen molar-refractivity contribution in [3.63, 3.8) is 0 Å². The Labute approximate surface area is 73.3 Å². The first-order valence-electron chi connectivity index (χ1n) is 4.07. The first kappa shape index (κ1) is 11.2. The van der Waals surface area contributed by atoms with Gasteiger partial charge in [0, 0.05) is 6.42 Å². The van der Waals surface area contributed by atoms with E-state index < -0.39 is 11.4 Å². The van der Waals surface area contributed by atoms with Crippen LogP contribution in [0.1, 0.15) is 32.6 Å². The summed E-state index contributed by atoms with van der Waals surface area (Å²) in [6.07, 6.45) is 7.01. The van der Waals surface area contributed by atoms with Crippen molar-refractivity contribution in [1.82, 2.24) is 0 Å². The van der Waals surface area contributed by atoms with E-state index in [1.165, 1.54) is 0 Å². The fourth-order valence-corrected chi connectivity index (χ4v) is 0.958. The van der Waals surface area contributed by atoms with Crippen molar-refractivity contribution >= 4 is 0 Å². The van der Waals surface area contributed by atoms with Gasteiger partial charge in [-0.1, -0.05) is 26.3 Å². The van der Waals surface area contributed by atoms with E-state index in [0.29, 0.717) is 6.42 Å². The lowest BCUT2D eigenvalue weighted by Crippen LogP contribution is -2.28. The highest BCUT2D eigenvalue weighted by Gasteiger charge is 2.29. The standard InChI is InChI=1S/C10H15FO/c1-4-6-8-10(12,7-5-2)9(3)11/h2,12H,3-4,6-8H2,1H3. The number of unbranched alkanes of at least 4 members (excludes halogenated alkanes) is 1. The fourth-order valence-electron chi connectivity index (χ4n) is 0.958. The number of rotatable bonds is 5. The van der Waals surface area contributed by atoms with Crippen molar-refractivity contribution in [1.29, 1.82) is 0 Å². The minimum absolute atomic E-state index is 0.00231. The van der Waals surface area contributed by atoms with E-state index in [-0.39, 0.29) is 6.42 Å². The molecule has 0 spiro atoms. The lowest BCUT2D eigenvalue weighted by Gasteiger charge is -2.23. The molecule has 68 valence electrons. The Bertz CT molecular complexity index is 193. The number of halogens is 1. The van der Waals surface area contributed by atoms with Crippen molar-refractivity contribution < 1.29 is 9.50 Å². The molecule has 0 amide bonds. The van der Waals surface area contributed by atoms with E-state index in [9.17, 15) is 9.50 Å². The predicted octanol–water partition coefficient (Wildman–Crippen LogP) is 2.41.